The van der Waals surface area contributed by atoms with Gasteiger partial charge >= 0.3 is 0 Å². The standard InChI is InChI=1S/C16H25NO4/c1-19-14-8-16(21-3)15(20-2)7-12(14)9-17-13-6-4-5-11(13)10-18/h7-8,11,13,17-18H,4-6,9-10H2,1-3H3. The molecule has 1 aliphatic carbocycles. The lowest BCUT2D eigenvalue weighted by Gasteiger charge is -2.20. The summed E-state index contributed by atoms with van der Waals surface area (Å²) < 4.78 is 16.1. The maximum atomic E-state index is 9.38. The van der Waals surface area contributed by atoms with E-state index in [2.05, 4.69) is 5.32 Å². The van der Waals surface area contributed by atoms with Crippen LogP contribution in [0.1, 0.15) is 24.8 Å². The molecular weight excluding hydrogens is 270 g/mol. The van der Waals surface area contributed by atoms with Crippen molar-refractivity contribution in [3.05, 3.63) is 17.7 Å². The van der Waals surface area contributed by atoms with Gasteiger partial charge in [0, 0.05) is 30.8 Å². The Kier molecular flexibility index (Phi) is 5.70. The quantitative estimate of drug-likeness (QED) is 0.805. The third-order valence-electron chi connectivity index (χ3n) is 4.23. The zero-order valence-electron chi connectivity index (χ0n) is 13.0. The Morgan fingerprint density at radius 2 is 1.71 bits per heavy atom. The van der Waals surface area contributed by atoms with Crippen molar-refractivity contribution >= 4 is 0 Å². The van der Waals surface area contributed by atoms with Gasteiger partial charge in [0.1, 0.15) is 5.75 Å². The van der Waals surface area contributed by atoms with E-state index in [9.17, 15) is 5.11 Å². The Balaban J connectivity index is 2.11. The van der Waals surface area contributed by atoms with E-state index in [1.165, 1.54) is 6.42 Å². The Bertz CT molecular complexity index is 464. The number of ether oxygens (including phenoxy) is 3. The average Bonchev–Trinajstić information content (AvgIpc) is 2.99. The minimum absolute atomic E-state index is 0.251. The largest absolute Gasteiger partial charge is 0.496 e. The minimum Gasteiger partial charge on any atom is -0.496 e. The van der Waals surface area contributed by atoms with E-state index < -0.39 is 0 Å². The fourth-order valence-corrected chi connectivity index (χ4v) is 3.00. The van der Waals surface area contributed by atoms with E-state index >= 15 is 0 Å². The average molecular weight is 295 g/mol. The fourth-order valence-electron chi connectivity index (χ4n) is 3.00. The highest BCUT2D eigenvalue weighted by Crippen LogP contribution is 2.35. The Morgan fingerprint density at radius 1 is 1.05 bits per heavy atom. The van der Waals surface area contributed by atoms with Crippen LogP contribution in [-0.4, -0.2) is 39.1 Å². The van der Waals surface area contributed by atoms with Gasteiger partial charge in [0.25, 0.3) is 0 Å². The number of aliphatic hydroxyl groups excluding tert-OH is 1. The maximum Gasteiger partial charge on any atom is 0.164 e. The minimum atomic E-state index is 0.251. The summed E-state index contributed by atoms with van der Waals surface area (Å²) in [6.07, 6.45) is 3.38. The van der Waals surface area contributed by atoms with Crippen molar-refractivity contribution in [1.29, 1.82) is 0 Å². The van der Waals surface area contributed by atoms with Gasteiger partial charge < -0.3 is 24.6 Å². The monoisotopic (exact) mass is 295 g/mol. The van der Waals surface area contributed by atoms with E-state index in [1.807, 2.05) is 12.1 Å². The van der Waals surface area contributed by atoms with Gasteiger partial charge in [-0.05, 0) is 24.8 Å². The van der Waals surface area contributed by atoms with Crippen molar-refractivity contribution in [3.63, 3.8) is 0 Å². The van der Waals surface area contributed by atoms with Gasteiger partial charge in [-0.25, -0.2) is 0 Å². The molecule has 5 nitrogen and oxygen atoms in total. The van der Waals surface area contributed by atoms with Crippen LogP contribution in [0.25, 0.3) is 0 Å². The van der Waals surface area contributed by atoms with Gasteiger partial charge in [-0.2, -0.15) is 0 Å². The first kappa shape index (κ1) is 15.9. The molecule has 0 heterocycles. The van der Waals surface area contributed by atoms with Crippen LogP contribution in [0.15, 0.2) is 12.1 Å². The third-order valence-corrected chi connectivity index (χ3v) is 4.23. The van der Waals surface area contributed by atoms with Gasteiger partial charge in [0.05, 0.1) is 21.3 Å². The summed E-state index contributed by atoms with van der Waals surface area (Å²) in [4.78, 5) is 0. The molecule has 0 bridgehead atoms. The summed E-state index contributed by atoms with van der Waals surface area (Å²) in [7, 11) is 4.89. The lowest BCUT2D eigenvalue weighted by atomic mass is 10.0. The molecule has 0 aromatic heterocycles. The summed E-state index contributed by atoms with van der Waals surface area (Å²) in [5, 5.41) is 12.9. The van der Waals surface area contributed by atoms with Crippen molar-refractivity contribution in [2.24, 2.45) is 5.92 Å². The van der Waals surface area contributed by atoms with Crippen LogP contribution in [0.4, 0.5) is 0 Å². The Labute approximate surface area is 126 Å². The molecule has 2 N–H and O–H groups in total. The normalized spacial score (nSPS) is 21.3. The van der Waals surface area contributed by atoms with E-state index in [-0.39, 0.29) is 6.61 Å². The predicted octanol–water partition coefficient (Wildman–Crippen LogP) is 1.96. The van der Waals surface area contributed by atoms with Gasteiger partial charge in [-0.3, -0.25) is 0 Å². The van der Waals surface area contributed by atoms with Crippen molar-refractivity contribution in [3.8, 4) is 17.2 Å². The Morgan fingerprint density at radius 3 is 2.33 bits per heavy atom. The smallest absolute Gasteiger partial charge is 0.164 e. The number of methoxy groups -OCH3 is 3. The molecule has 2 unspecified atom stereocenters. The van der Waals surface area contributed by atoms with Crippen molar-refractivity contribution < 1.29 is 19.3 Å². The number of hydrogen-bond donors (Lipinski definition) is 2. The molecule has 0 saturated heterocycles. The van der Waals surface area contributed by atoms with E-state index in [1.54, 1.807) is 21.3 Å². The first-order valence-corrected chi connectivity index (χ1v) is 7.36. The second kappa shape index (κ2) is 7.52. The lowest BCUT2D eigenvalue weighted by Crippen LogP contribution is -2.33. The van der Waals surface area contributed by atoms with Crippen LogP contribution >= 0.6 is 0 Å². The molecule has 5 heteroatoms. The topological polar surface area (TPSA) is 60.0 Å². The summed E-state index contributed by atoms with van der Waals surface area (Å²) in [5.41, 5.74) is 1.03. The molecular formula is C16H25NO4. The van der Waals surface area contributed by atoms with Crippen LogP contribution in [0, 0.1) is 5.92 Å². The molecule has 21 heavy (non-hydrogen) atoms. The van der Waals surface area contributed by atoms with Crippen molar-refractivity contribution in [2.45, 2.75) is 31.8 Å². The van der Waals surface area contributed by atoms with Crippen LogP contribution in [-0.2, 0) is 6.54 Å². The highest BCUT2D eigenvalue weighted by atomic mass is 16.5. The van der Waals surface area contributed by atoms with Crippen molar-refractivity contribution in [2.75, 3.05) is 27.9 Å². The second-order valence-electron chi connectivity index (χ2n) is 5.38. The number of nitrogens with one attached hydrogen (secondary N) is 1. The lowest BCUT2D eigenvalue weighted by molar-refractivity contribution is 0.205. The number of aliphatic hydroxyl groups is 1. The van der Waals surface area contributed by atoms with Gasteiger partial charge in [-0.1, -0.05) is 6.42 Å². The molecule has 0 amide bonds. The van der Waals surface area contributed by atoms with Gasteiger partial charge in [-0.15, -0.1) is 0 Å². The Hall–Kier alpha value is -1.46. The van der Waals surface area contributed by atoms with E-state index in [0.29, 0.717) is 30.0 Å². The predicted molar refractivity (Wildman–Crippen MR) is 81.2 cm³/mol. The molecule has 2 rings (SSSR count). The molecule has 0 spiro atoms. The summed E-state index contributed by atoms with van der Waals surface area (Å²) in [6, 6.07) is 4.15. The zero-order valence-corrected chi connectivity index (χ0v) is 13.0. The highest BCUT2D eigenvalue weighted by molar-refractivity contribution is 5.50. The maximum absolute atomic E-state index is 9.38. The highest BCUT2D eigenvalue weighted by Gasteiger charge is 2.26. The molecule has 0 radical (unpaired) electrons. The first-order chi connectivity index (χ1) is 10.2. The number of hydrogen-bond acceptors (Lipinski definition) is 5. The molecule has 1 aromatic rings. The molecule has 118 valence electrons. The zero-order chi connectivity index (χ0) is 15.2. The molecule has 0 aliphatic heterocycles. The third kappa shape index (κ3) is 3.60. The summed E-state index contributed by atoms with van der Waals surface area (Å²) >= 11 is 0. The number of rotatable bonds is 7. The van der Waals surface area contributed by atoms with Crippen LogP contribution < -0.4 is 19.5 Å². The molecule has 1 aliphatic rings. The summed E-state index contributed by atoms with van der Waals surface area (Å²) in [5.74, 6) is 2.49. The van der Waals surface area contributed by atoms with Crippen LogP contribution in [0.5, 0.6) is 17.2 Å². The molecule has 1 fully saturated rings. The summed E-state index contributed by atoms with van der Waals surface area (Å²) in [6.45, 7) is 0.936. The van der Waals surface area contributed by atoms with Gasteiger partial charge in [0.15, 0.2) is 11.5 Å². The molecule has 1 saturated carbocycles. The SMILES string of the molecule is COc1cc(OC)c(OC)cc1CNC1CCCC1CO. The van der Waals surface area contributed by atoms with Crippen molar-refractivity contribution in [1.82, 2.24) is 5.32 Å². The first-order valence-electron chi connectivity index (χ1n) is 7.36. The van der Waals surface area contributed by atoms with E-state index in [0.717, 1.165) is 24.2 Å². The number of benzene rings is 1. The van der Waals surface area contributed by atoms with Gasteiger partial charge in [0.2, 0.25) is 0 Å². The second-order valence-corrected chi connectivity index (χ2v) is 5.38. The fraction of sp³-hybridized carbons (Fsp3) is 0.625. The van der Waals surface area contributed by atoms with Crippen LogP contribution in [0.3, 0.4) is 0 Å². The van der Waals surface area contributed by atoms with E-state index in [4.69, 9.17) is 14.2 Å². The van der Waals surface area contributed by atoms with Crippen LogP contribution in [0.2, 0.25) is 0 Å². The molecule has 1 aromatic carbocycles. The molecule has 2 atom stereocenters.